The zero-order chi connectivity index (χ0) is 16.1. The van der Waals surface area contributed by atoms with Crippen LogP contribution in [0.5, 0.6) is 0 Å². The van der Waals surface area contributed by atoms with E-state index in [1.165, 1.54) is 0 Å². The molecule has 1 N–H and O–H groups in total. The zero-order valence-electron chi connectivity index (χ0n) is 13.4. The van der Waals surface area contributed by atoms with Crippen molar-refractivity contribution in [3.05, 3.63) is 58.1 Å². The molecule has 0 unspecified atom stereocenters. The maximum absolute atomic E-state index is 6.24. The van der Waals surface area contributed by atoms with Crippen molar-refractivity contribution in [1.82, 2.24) is 15.3 Å². The predicted octanol–water partition coefficient (Wildman–Crippen LogP) is 3.79. The molecule has 0 saturated heterocycles. The minimum Gasteiger partial charge on any atom is -0.375 e. The number of benzene rings is 1. The molecular weight excluding hydrogens is 298 g/mol. The molecule has 0 aliphatic carbocycles. The summed E-state index contributed by atoms with van der Waals surface area (Å²) in [6.07, 6.45) is 1.79. The average Bonchev–Trinajstić information content (AvgIpc) is 2.49. The monoisotopic (exact) mass is 319 g/mol. The smallest absolute Gasteiger partial charge is 0.125 e. The Morgan fingerprint density at radius 1 is 1.23 bits per heavy atom. The van der Waals surface area contributed by atoms with E-state index in [1.807, 2.05) is 44.3 Å². The second-order valence-electron chi connectivity index (χ2n) is 5.33. The third-order valence-electron chi connectivity index (χ3n) is 3.75. The van der Waals surface area contributed by atoms with E-state index in [0.29, 0.717) is 6.54 Å². The lowest BCUT2D eigenvalue weighted by molar-refractivity contribution is 0.0999. The van der Waals surface area contributed by atoms with E-state index >= 15 is 0 Å². The number of ether oxygens (including phenoxy) is 1. The van der Waals surface area contributed by atoms with E-state index < -0.39 is 0 Å². The molecule has 118 valence electrons. The Labute approximate surface area is 136 Å². The number of methoxy groups -OCH3 is 1. The normalized spacial score (nSPS) is 13.9. The fraction of sp³-hybridized carbons (Fsp3) is 0.412. The van der Waals surface area contributed by atoms with E-state index in [9.17, 15) is 0 Å². The minimum absolute atomic E-state index is 0.0946. The summed E-state index contributed by atoms with van der Waals surface area (Å²) < 4.78 is 5.57. The first-order chi connectivity index (χ1) is 10.5. The molecule has 0 saturated carbocycles. The molecular formula is C17H22ClN3O. The van der Waals surface area contributed by atoms with Crippen molar-refractivity contribution < 1.29 is 4.74 Å². The lowest BCUT2D eigenvalue weighted by Crippen LogP contribution is -2.26. The Morgan fingerprint density at radius 3 is 2.59 bits per heavy atom. The first-order valence-corrected chi connectivity index (χ1v) is 7.71. The van der Waals surface area contributed by atoms with Crippen LogP contribution in [0.4, 0.5) is 0 Å². The molecule has 0 bridgehead atoms. The Hall–Kier alpha value is -1.49. The van der Waals surface area contributed by atoms with Crippen LogP contribution in [-0.2, 0) is 4.74 Å². The van der Waals surface area contributed by atoms with Gasteiger partial charge < -0.3 is 10.1 Å². The molecule has 5 heteroatoms. The number of hydrogen-bond donors (Lipinski definition) is 1. The van der Waals surface area contributed by atoms with Crippen LogP contribution in [0.15, 0.2) is 30.5 Å². The summed E-state index contributed by atoms with van der Waals surface area (Å²) >= 11 is 6.24. The highest BCUT2D eigenvalue weighted by Gasteiger charge is 2.16. The summed E-state index contributed by atoms with van der Waals surface area (Å²) in [6.45, 7) is 6.66. The van der Waals surface area contributed by atoms with Crippen LogP contribution >= 0.6 is 11.6 Å². The van der Waals surface area contributed by atoms with Gasteiger partial charge in [-0.15, -0.1) is 0 Å². The predicted molar refractivity (Wildman–Crippen MR) is 89.1 cm³/mol. The lowest BCUT2D eigenvalue weighted by atomic mass is 10.1. The summed E-state index contributed by atoms with van der Waals surface area (Å²) in [5.74, 6) is 0.791. The van der Waals surface area contributed by atoms with E-state index in [0.717, 1.165) is 27.7 Å². The Morgan fingerprint density at radius 2 is 1.95 bits per heavy atom. The van der Waals surface area contributed by atoms with Gasteiger partial charge in [0.25, 0.3) is 0 Å². The first kappa shape index (κ1) is 16.9. The van der Waals surface area contributed by atoms with Crippen LogP contribution in [0.25, 0.3) is 0 Å². The number of aryl methyl sites for hydroxylation is 2. The molecule has 4 nitrogen and oxygen atoms in total. The molecule has 0 spiro atoms. The molecule has 2 rings (SSSR count). The number of nitrogens with one attached hydrogen (secondary N) is 1. The van der Waals surface area contributed by atoms with Crippen molar-refractivity contribution >= 4 is 11.6 Å². The Kier molecular flexibility index (Phi) is 5.89. The van der Waals surface area contributed by atoms with Crippen LogP contribution in [0, 0.1) is 13.8 Å². The van der Waals surface area contributed by atoms with E-state index in [2.05, 4.69) is 22.2 Å². The largest absolute Gasteiger partial charge is 0.375 e. The van der Waals surface area contributed by atoms with Crippen molar-refractivity contribution in [2.75, 3.05) is 13.7 Å². The van der Waals surface area contributed by atoms with Gasteiger partial charge in [0.05, 0.1) is 6.10 Å². The quantitative estimate of drug-likeness (QED) is 0.880. The molecule has 22 heavy (non-hydrogen) atoms. The van der Waals surface area contributed by atoms with Crippen molar-refractivity contribution in [2.24, 2.45) is 0 Å². The molecule has 0 fully saturated rings. The highest BCUT2D eigenvalue weighted by molar-refractivity contribution is 6.31. The molecule has 2 aromatic rings. The van der Waals surface area contributed by atoms with Crippen LogP contribution in [0.1, 0.15) is 41.7 Å². The molecule has 1 heterocycles. The Bertz CT molecular complexity index is 633. The van der Waals surface area contributed by atoms with Gasteiger partial charge in [-0.05, 0) is 26.8 Å². The molecule has 0 radical (unpaired) electrons. The first-order valence-electron chi connectivity index (χ1n) is 7.33. The number of aromatic nitrogens is 2. The van der Waals surface area contributed by atoms with E-state index in [1.54, 1.807) is 7.11 Å². The van der Waals surface area contributed by atoms with Gasteiger partial charge >= 0.3 is 0 Å². The summed E-state index contributed by atoms with van der Waals surface area (Å²) in [6, 6.07) is 7.89. The summed E-state index contributed by atoms with van der Waals surface area (Å²) in [5.41, 5.74) is 3.09. The number of halogens is 1. The van der Waals surface area contributed by atoms with Gasteiger partial charge in [-0.2, -0.15) is 0 Å². The van der Waals surface area contributed by atoms with Gasteiger partial charge in [0, 0.05) is 47.7 Å². The molecule has 0 amide bonds. The van der Waals surface area contributed by atoms with Crippen LogP contribution in [0.3, 0.4) is 0 Å². The topological polar surface area (TPSA) is 47.0 Å². The average molecular weight is 320 g/mol. The SMILES string of the molecule is CO[C@H](CN[C@H](C)c1cnc(C)nc1C)c1ccccc1Cl. The van der Waals surface area contributed by atoms with Gasteiger partial charge in [0.2, 0.25) is 0 Å². The lowest BCUT2D eigenvalue weighted by Gasteiger charge is -2.21. The van der Waals surface area contributed by atoms with E-state index in [-0.39, 0.29) is 12.1 Å². The number of rotatable bonds is 6. The number of hydrogen-bond acceptors (Lipinski definition) is 4. The van der Waals surface area contributed by atoms with Crippen LogP contribution in [0.2, 0.25) is 5.02 Å². The maximum Gasteiger partial charge on any atom is 0.125 e. The fourth-order valence-electron chi connectivity index (χ4n) is 2.47. The highest BCUT2D eigenvalue weighted by Crippen LogP contribution is 2.25. The molecule has 0 aliphatic rings. The van der Waals surface area contributed by atoms with Crippen molar-refractivity contribution in [2.45, 2.75) is 32.9 Å². The van der Waals surface area contributed by atoms with Gasteiger partial charge in [-0.1, -0.05) is 29.8 Å². The van der Waals surface area contributed by atoms with Crippen LogP contribution in [-0.4, -0.2) is 23.6 Å². The van der Waals surface area contributed by atoms with Gasteiger partial charge in [0.1, 0.15) is 5.82 Å². The zero-order valence-corrected chi connectivity index (χ0v) is 14.2. The minimum atomic E-state index is -0.0946. The standard InChI is InChI=1S/C17H22ClN3O/c1-11(15-9-20-13(3)21-12(15)2)19-10-17(22-4)14-7-5-6-8-16(14)18/h5-9,11,17,19H,10H2,1-4H3/t11-,17-/m1/s1. The maximum atomic E-state index is 6.24. The van der Waals surface area contributed by atoms with Gasteiger partial charge in [-0.3, -0.25) is 0 Å². The van der Waals surface area contributed by atoms with Crippen molar-refractivity contribution in [1.29, 1.82) is 0 Å². The van der Waals surface area contributed by atoms with Crippen molar-refractivity contribution in [3.8, 4) is 0 Å². The van der Waals surface area contributed by atoms with E-state index in [4.69, 9.17) is 16.3 Å². The highest BCUT2D eigenvalue weighted by atomic mass is 35.5. The molecule has 1 aromatic heterocycles. The summed E-state index contributed by atoms with van der Waals surface area (Å²) in [4.78, 5) is 8.69. The van der Waals surface area contributed by atoms with Gasteiger partial charge in [-0.25, -0.2) is 9.97 Å². The molecule has 2 atom stereocenters. The number of nitrogens with zero attached hydrogens (tertiary/aromatic N) is 2. The second-order valence-corrected chi connectivity index (χ2v) is 5.74. The second kappa shape index (κ2) is 7.68. The van der Waals surface area contributed by atoms with Crippen LogP contribution < -0.4 is 5.32 Å². The Balaban J connectivity index is 2.05. The van der Waals surface area contributed by atoms with Crippen molar-refractivity contribution in [3.63, 3.8) is 0 Å². The molecule has 1 aromatic carbocycles. The summed E-state index contributed by atoms with van der Waals surface area (Å²) in [5, 5.41) is 4.19. The fourth-order valence-corrected chi connectivity index (χ4v) is 2.73. The van der Waals surface area contributed by atoms with Gasteiger partial charge in [0.15, 0.2) is 0 Å². The summed E-state index contributed by atoms with van der Waals surface area (Å²) in [7, 11) is 1.70. The third kappa shape index (κ3) is 4.03. The molecule has 0 aliphatic heterocycles. The third-order valence-corrected chi connectivity index (χ3v) is 4.09.